The number of hydrogen-bond donors (Lipinski definition) is 4. The summed E-state index contributed by atoms with van der Waals surface area (Å²) in [4.78, 5) is 11.8. The number of benzene rings is 2. The summed E-state index contributed by atoms with van der Waals surface area (Å²) in [6, 6.07) is 16.9. The monoisotopic (exact) mass is 504 g/mol. The molecule has 2 unspecified atom stereocenters. The molecule has 0 spiro atoms. The van der Waals surface area contributed by atoms with E-state index in [2.05, 4.69) is 69.8 Å². The van der Waals surface area contributed by atoms with Crippen LogP contribution < -0.4 is 31.0 Å². The minimum absolute atomic E-state index is 0.0633. The number of fused-ring (bicyclic) bond motifs is 1. The number of aromatic nitrogens is 2. The van der Waals surface area contributed by atoms with E-state index in [9.17, 15) is 0 Å². The Balaban J connectivity index is 1.38. The van der Waals surface area contributed by atoms with E-state index in [1.54, 1.807) is 25.6 Å². The van der Waals surface area contributed by atoms with E-state index in [4.69, 9.17) is 14.5 Å². The third-order valence-electron chi connectivity index (χ3n) is 6.38. The Morgan fingerprint density at radius 3 is 2.67 bits per heavy atom. The van der Waals surface area contributed by atoms with Crippen molar-refractivity contribution in [2.24, 2.45) is 0 Å². The first-order valence-corrected chi connectivity index (χ1v) is 12.9. The standard InChI is InChI=1S/C27H32N6O2S/c1-16(30-27-20-13-22(34-3)23(35-4)14-21(20)31-17(2)32-27)24-9-10-25(36-24)19-8-6-5-7-18(19)15-28-26-11-12-29-33-26/h5-10,13-14,16,26,28-29,33H,11-12,15H2,1-4H3,(H,30,31,32). The maximum absolute atomic E-state index is 5.52. The Morgan fingerprint density at radius 2 is 1.89 bits per heavy atom. The van der Waals surface area contributed by atoms with Gasteiger partial charge in [0.25, 0.3) is 0 Å². The molecule has 8 nitrogen and oxygen atoms in total. The van der Waals surface area contributed by atoms with Gasteiger partial charge in [0.15, 0.2) is 11.5 Å². The Kier molecular flexibility index (Phi) is 7.33. The molecule has 0 bridgehead atoms. The van der Waals surface area contributed by atoms with Gasteiger partial charge in [0.05, 0.1) is 31.9 Å². The Bertz CT molecular complexity index is 1350. The third-order valence-corrected chi connectivity index (χ3v) is 7.68. The van der Waals surface area contributed by atoms with Crippen molar-refractivity contribution >= 4 is 28.1 Å². The molecule has 1 saturated heterocycles. The van der Waals surface area contributed by atoms with Crippen molar-refractivity contribution in [2.45, 2.75) is 39.0 Å². The van der Waals surface area contributed by atoms with Crippen LogP contribution >= 0.6 is 11.3 Å². The molecule has 5 rings (SSSR count). The molecule has 1 aliphatic rings. The van der Waals surface area contributed by atoms with Crippen LogP contribution in [-0.4, -0.2) is 36.9 Å². The van der Waals surface area contributed by atoms with Crippen molar-refractivity contribution in [1.82, 2.24) is 26.1 Å². The van der Waals surface area contributed by atoms with Crippen LogP contribution in [0.5, 0.6) is 11.5 Å². The second kappa shape index (κ2) is 10.8. The zero-order valence-electron chi connectivity index (χ0n) is 21.0. The highest BCUT2D eigenvalue weighted by molar-refractivity contribution is 7.15. The largest absolute Gasteiger partial charge is 0.493 e. The van der Waals surface area contributed by atoms with E-state index in [1.165, 1.54) is 20.9 Å². The molecule has 0 saturated carbocycles. The molecule has 1 aliphatic heterocycles. The summed E-state index contributed by atoms with van der Waals surface area (Å²) in [6.45, 7) is 5.86. The lowest BCUT2D eigenvalue weighted by Gasteiger charge is -2.17. The molecular formula is C27H32N6O2S. The SMILES string of the molecule is COc1cc2nc(C)nc(NC(C)c3ccc(-c4ccccc4CNC4CCNN4)s3)c2cc1OC. The fourth-order valence-electron chi connectivity index (χ4n) is 4.47. The highest BCUT2D eigenvalue weighted by Crippen LogP contribution is 2.37. The highest BCUT2D eigenvalue weighted by atomic mass is 32.1. The fraction of sp³-hybridized carbons (Fsp3) is 0.333. The maximum Gasteiger partial charge on any atom is 0.162 e. The zero-order valence-corrected chi connectivity index (χ0v) is 21.8. The third kappa shape index (κ3) is 5.15. The summed E-state index contributed by atoms with van der Waals surface area (Å²) in [5, 5.41) is 8.10. The fourth-order valence-corrected chi connectivity index (χ4v) is 5.54. The molecule has 4 aromatic rings. The number of aryl methyl sites for hydroxylation is 1. The molecule has 0 aliphatic carbocycles. The van der Waals surface area contributed by atoms with Gasteiger partial charge >= 0.3 is 0 Å². The average molecular weight is 505 g/mol. The maximum atomic E-state index is 5.52. The molecule has 2 aromatic carbocycles. The molecular weight excluding hydrogens is 472 g/mol. The molecule has 0 amide bonds. The summed E-state index contributed by atoms with van der Waals surface area (Å²) >= 11 is 1.80. The second-order valence-electron chi connectivity index (χ2n) is 8.86. The van der Waals surface area contributed by atoms with Crippen LogP contribution in [0.1, 0.15) is 35.7 Å². The molecule has 2 aromatic heterocycles. The predicted octanol–water partition coefficient (Wildman–Crippen LogP) is 4.77. The molecule has 2 atom stereocenters. The van der Waals surface area contributed by atoms with Gasteiger partial charge in [0.2, 0.25) is 0 Å². The minimum Gasteiger partial charge on any atom is -0.493 e. The minimum atomic E-state index is 0.0633. The first kappa shape index (κ1) is 24.5. The van der Waals surface area contributed by atoms with E-state index < -0.39 is 0 Å². The lowest BCUT2D eigenvalue weighted by molar-refractivity contribution is 0.356. The van der Waals surface area contributed by atoms with Gasteiger partial charge < -0.3 is 14.8 Å². The number of thiophene rings is 1. The summed E-state index contributed by atoms with van der Waals surface area (Å²) in [7, 11) is 3.26. The summed E-state index contributed by atoms with van der Waals surface area (Å²) in [5.74, 6) is 2.78. The second-order valence-corrected chi connectivity index (χ2v) is 9.98. The topological polar surface area (TPSA) is 92.4 Å². The van der Waals surface area contributed by atoms with E-state index in [0.717, 1.165) is 36.2 Å². The number of anilines is 1. The van der Waals surface area contributed by atoms with Crippen LogP contribution in [0.25, 0.3) is 21.3 Å². The van der Waals surface area contributed by atoms with E-state index in [0.29, 0.717) is 23.5 Å². The number of hydrogen-bond acceptors (Lipinski definition) is 9. The van der Waals surface area contributed by atoms with Crippen LogP contribution in [-0.2, 0) is 6.54 Å². The van der Waals surface area contributed by atoms with Crippen molar-refractivity contribution < 1.29 is 9.47 Å². The number of nitrogens with one attached hydrogen (secondary N) is 4. The van der Waals surface area contributed by atoms with Crippen molar-refractivity contribution in [2.75, 3.05) is 26.1 Å². The lowest BCUT2D eigenvalue weighted by atomic mass is 10.1. The molecule has 1 fully saturated rings. The van der Waals surface area contributed by atoms with Gasteiger partial charge in [-0.1, -0.05) is 24.3 Å². The summed E-state index contributed by atoms with van der Waals surface area (Å²) in [5.41, 5.74) is 9.81. The van der Waals surface area contributed by atoms with Crippen LogP contribution in [0.15, 0.2) is 48.5 Å². The van der Waals surface area contributed by atoms with Gasteiger partial charge in [-0.25, -0.2) is 15.4 Å². The van der Waals surface area contributed by atoms with Crippen LogP contribution in [0.2, 0.25) is 0 Å². The molecule has 0 radical (unpaired) electrons. The first-order valence-electron chi connectivity index (χ1n) is 12.1. The molecule has 188 valence electrons. The number of nitrogens with zero attached hydrogens (tertiary/aromatic N) is 2. The van der Waals surface area contributed by atoms with E-state index >= 15 is 0 Å². The zero-order chi connectivity index (χ0) is 25.1. The van der Waals surface area contributed by atoms with Crippen LogP contribution in [0.3, 0.4) is 0 Å². The van der Waals surface area contributed by atoms with Crippen molar-refractivity contribution in [3.63, 3.8) is 0 Å². The van der Waals surface area contributed by atoms with Crippen molar-refractivity contribution in [1.29, 1.82) is 0 Å². The highest BCUT2D eigenvalue weighted by Gasteiger charge is 2.17. The van der Waals surface area contributed by atoms with Gasteiger partial charge in [0.1, 0.15) is 11.6 Å². The molecule has 9 heteroatoms. The lowest BCUT2D eigenvalue weighted by Crippen LogP contribution is -2.40. The normalized spacial score (nSPS) is 16.3. The Labute approximate surface area is 215 Å². The summed E-state index contributed by atoms with van der Waals surface area (Å²) in [6.07, 6.45) is 1.37. The first-order chi connectivity index (χ1) is 17.6. The van der Waals surface area contributed by atoms with Crippen molar-refractivity contribution in [3.8, 4) is 21.9 Å². The number of ether oxygens (including phenoxy) is 2. The van der Waals surface area contributed by atoms with E-state index in [1.807, 2.05) is 19.1 Å². The number of rotatable bonds is 9. The smallest absolute Gasteiger partial charge is 0.162 e. The molecule has 36 heavy (non-hydrogen) atoms. The van der Waals surface area contributed by atoms with Gasteiger partial charge in [-0.3, -0.25) is 10.7 Å². The van der Waals surface area contributed by atoms with Gasteiger partial charge in [-0.15, -0.1) is 11.3 Å². The molecule has 4 N–H and O–H groups in total. The quantitative estimate of drug-likeness (QED) is 0.259. The number of methoxy groups -OCH3 is 2. The van der Waals surface area contributed by atoms with E-state index in [-0.39, 0.29) is 6.04 Å². The van der Waals surface area contributed by atoms with Crippen LogP contribution in [0, 0.1) is 6.92 Å². The summed E-state index contributed by atoms with van der Waals surface area (Å²) < 4.78 is 11.0. The predicted molar refractivity (Wildman–Crippen MR) is 146 cm³/mol. The van der Waals surface area contributed by atoms with Crippen LogP contribution in [0.4, 0.5) is 5.82 Å². The van der Waals surface area contributed by atoms with Crippen molar-refractivity contribution in [3.05, 3.63) is 64.8 Å². The Morgan fingerprint density at radius 1 is 1.08 bits per heavy atom. The van der Waals surface area contributed by atoms with Gasteiger partial charge in [-0.05, 0) is 49.6 Å². The Hall–Kier alpha value is -3.24. The van der Waals surface area contributed by atoms with Gasteiger partial charge in [0, 0.05) is 34.3 Å². The molecule has 3 heterocycles. The average Bonchev–Trinajstić information content (AvgIpc) is 3.59. The van der Waals surface area contributed by atoms with Gasteiger partial charge in [-0.2, -0.15) is 0 Å². The number of hydrazine groups is 1.